The van der Waals surface area contributed by atoms with Crippen LogP contribution in [0.25, 0.3) is 10.9 Å². The molecule has 21 heavy (non-hydrogen) atoms. The van der Waals surface area contributed by atoms with Crippen molar-refractivity contribution in [2.24, 2.45) is 0 Å². The smallest absolute Gasteiger partial charge is 0.172 e. The normalized spacial score (nSPS) is 10.8. The first kappa shape index (κ1) is 13.9. The summed E-state index contributed by atoms with van der Waals surface area (Å²) in [5, 5.41) is 1.01. The summed E-state index contributed by atoms with van der Waals surface area (Å²) in [6.45, 7) is 0. The third kappa shape index (κ3) is 2.85. The molecule has 0 aliphatic rings. The molecule has 3 rings (SSSR count). The zero-order chi connectivity index (χ0) is 14.8. The van der Waals surface area contributed by atoms with E-state index >= 15 is 0 Å². The summed E-state index contributed by atoms with van der Waals surface area (Å²) in [6.07, 6.45) is 0.0738. The first-order valence-electron chi connectivity index (χ1n) is 6.47. The summed E-state index contributed by atoms with van der Waals surface area (Å²) >= 11 is 3.22. The lowest BCUT2D eigenvalue weighted by atomic mass is 10.1. The number of aromatic nitrogens is 1. The Morgan fingerprint density at radius 2 is 1.86 bits per heavy atom. The summed E-state index contributed by atoms with van der Waals surface area (Å²) in [4.78, 5) is 16.7. The van der Waals surface area contributed by atoms with Gasteiger partial charge in [-0.1, -0.05) is 30.3 Å². The standard InChI is InChI=1S/C17H11BrFNO/c18-13-5-3-6-14(19)17(13)16(21)10-12-9-8-11-4-1-2-7-15(11)20-12/h1-9H,10H2. The van der Waals surface area contributed by atoms with E-state index in [-0.39, 0.29) is 17.8 Å². The second-order valence-corrected chi connectivity index (χ2v) is 5.55. The van der Waals surface area contributed by atoms with E-state index in [1.54, 1.807) is 18.2 Å². The molecule has 0 amide bonds. The molecule has 3 aromatic rings. The molecule has 4 heteroatoms. The van der Waals surface area contributed by atoms with Crippen LogP contribution in [0.15, 0.2) is 59.1 Å². The van der Waals surface area contributed by atoms with Crippen LogP contribution < -0.4 is 0 Å². The lowest BCUT2D eigenvalue weighted by Crippen LogP contribution is -2.08. The second kappa shape index (κ2) is 5.74. The Labute approximate surface area is 129 Å². The molecule has 104 valence electrons. The first-order valence-corrected chi connectivity index (χ1v) is 7.26. The molecule has 0 N–H and O–H groups in total. The monoisotopic (exact) mass is 343 g/mol. The number of carbonyl (C=O) groups is 1. The number of fused-ring (bicyclic) bond motifs is 1. The van der Waals surface area contributed by atoms with Crippen LogP contribution in [0.3, 0.4) is 0 Å². The Kier molecular flexibility index (Phi) is 3.80. The molecule has 0 unspecified atom stereocenters. The molecular weight excluding hydrogens is 333 g/mol. The highest BCUT2D eigenvalue weighted by molar-refractivity contribution is 9.10. The molecule has 2 nitrogen and oxygen atoms in total. The van der Waals surface area contributed by atoms with Crippen LogP contribution in [-0.4, -0.2) is 10.8 Å². The molecule has 0 saturated carbocycles. The molecule has 0 spiro atoms. The van der Waals surface area contributed by atoms with E-state index in [1.807, 2.05) is 30.3 Å². The first-order chi connectivity index (χ1) is 10.1. The Morgan fingerprint density at radius 1 is 1.05 bits per heavy atom. The zero-order valence-electron chi connectivity index (χ0n) is 11.0. The highest BCUT2D eigenvalue weighted by atomic mass is 79.9. The lowest BCUT2D eigenvalue weighted by molar-refractivity contribution is 0.0987. The maximum atomic E-state index is 13.8. The number of Topliss-reactive ketones (excluding diaryl/α,β-unsaturated/α-hetero) is 1. The fraction of sp³-hybridized carbons (Fsp3) is 0.0588. The number of pyridine rings is 1. The Balaban J connectivity index is 1.93. The average Bonchev–Trinajstić information content (AvgIpc) is 2.47. The van der Waals surface area contributed by atoms with Crippen molar-refractivity contribution in [3.05, 3.63) is 76.1 Å². The third-order valence-corrected chi connectivity index (χ3v) is 3.90. The van der Waals surface area contributed by atoms with Crippen molar-refractivity contribution >= 4 is 32.6 Å². The van der Waals surface area contributed by atoms with Gasteiger partial charge in [0.2, 0.25) is 0 Å². The van der Waals surface area contributed by atoms with Gasteiger partial charge >= 0.3 is 0 Å². The summed E-state index contributed by atoms with van der Waals surface area (Å²) in [6, 6.07) is 15.9. The molecule has 1 heterocycles. The van der Waals surface area contributed by atoms with E-state index in [2.05, 4.69) is 20.9 Å². The molecule has 0 atom stereocenters. The predicted molar refractivity (Wildman–Crippen MR) is 83.9 cm³/mol. The molecular formula is C17H11BrFNO. The summed E-state index contributed by atoms with van der Waals surface area (Å²) in [5.74, 6) is -0.807. The molecule has 2 aromatic carbocycles. The Morgan fingerprint density at radius 3 is 2.67 bits per heavy atom. The minimum atomic E-state index is -0.518. The van der Waals surface area contributed by atoms with Crippen LogP contribution >= 0.6 is 15.9 Å². The highest BCUT2D eigenvalue weighted by Gasteiger charge is 2.16. The van der Waals surface area contributed by atoms with Gasteiger partial charge in [0.1, 0.15) is 5.82 Å². The second-order valence-electron chi connectivity index (χ2n) is 4.69. The number of rotatable bonds is 3. The van der Waals surface area contributed by atoms with Crippen molar-refractivity contribution in [1.29, 1.82) is 0 Å². The number of hydrogen-bond donors (Lipinski definition) is 0. The van der Waals surface area contributed by atoms with Gasteiger partial charge in [-0.15, -0.1) is 0 Å². The Hall–Kier alpha value is -2.07. The van der Waals surface area contributed by atoms with E-state index in [9.17, 15) is 9.18 Å². The number of halogens is 2. The summed E-state index contributed by atoms with van der Waals surface area (Å²) in [7, 11) is 0. The number of carbonyl (C=O) groups excluding carboxylic acids is 1. The molecule has 0 aliphatic heterocycles. The number of para-hydroxylation sites is 1. The van der Waals surface area contributed by atoms with Crippen molar-refractivity contribution in [3.63, 3.8) is 0 Å². The largest absolute Gasteiger partial charge is 0.294 e. The molecule has 0 saturated heterocycles. The number of hydrogen-bond acceptors (Lipinski definition) is 2. The van der Waals surface area contributed by atoms with Gasteiger partial charge in [0.15, 0.2) is 5.78 Å². The van der Waals surface area contributed by atoms with E-state index < -0.39 is 5.82 Å². The fourth-order valence-electron chi connectivity index (χ4n) is 2.22. The zero-order valence-corrected chi connectivity index (χ0v) is 12.6. The number of nitrogens with zero attached hydrogens (tertiary/aromatic N) is 1. The van der Waals surface area contributed by atoms with Crippen molar-refractivity contribution in [3.8, 4) is 0 Å². The predicted octanol–water partition coefficient (Wildman–Crippen LogP) is 4.56. The minimum Gasteiger partial charge on any atom is -0.294 e. The summed E-state index contributed by atoms with van der Waals surface area (Å²) < 4.78 is 14.3. The molecule has 0 radical (unpaired) electrons. The average molecular weight is 344 g/mol. The highest BCUT2D eigenvalue weighted by Crippen LogP contribution is 2.22. The van der Waals surface area contributed by atoms with Gasteiger partial charge < -0.3 is 0 Å². The topological polar surface area (TPSA) is 30.0 Å². The van der Waals surface area contributed by atoms with Gasteiger partial charge in [0, 0.05) is 15.6 Å². The van der Waals surface area contributed by atoms with Crippen LogP contribution in [0.2, 0.25) is 0 Å². The van der Waals surface area contributed by atoms with Crippen LogP contribution in [0, 0.1) is 5.82 Å². The molecule has 1 aromatic heterocycles. The van der Waals surface area contributed by atoms with Crippen LogP contribution in [0.1, 0.15) is 16.1 Å². The van der Waals surface area contributed by atoms with Gasteiger partial charge in [0.25, 0.3) is 0 Å². The Bertz CT molecular complexity index is 812. The van der Waals surface area contributed by atoms with Crippen molar-refractivity contribution in [2.75, 3.05) is 0 Å². The lowest BCUT2D eigenvalue weighted by Gasteiger charge is -2.06. The fourth-order valence-corrected chi connectivity index (χ4v) is 2.79. The number of ketones is 1. The van der Waals surface area contributed by atoms with Crippen molar-refractivity contribution in [2.45, 2.75) is 6.42 Å². The third-order valence-electron chi connectivity index (χ3n) is 3.24. The van der Waals surface area contributed by atoms with E-state index in [0.29, 0.717) is 10.2 Å². The van der Waals surface area contributed by atoms with Gasteiger partial charge in [-0.3, -0.25) is 9.78 Å². The van der Waals surface area contributed by atoms with Crippen molar-refractivity contribution < 1.29 is 9.18 Å². The SMILES string of the molecule is O=C(Cc1ccc2ccccc2n1)c1c(F)cccc1Br. The van der Waals surface area contributed by atoms with Gasteiger partial charge in [0.05, 0.1) is 17.5 Å². The van der Waals surface area contributed by atoms with Gasteiger partial charge in [-0.25, -0.2) is 4.39 Å². The maximum Gasteiger partial charge on any atom is 0.172 e. The minimum absolute atomic E-state index is 0.0738. The van der Waals surface area contributed by atoms with Gasteiger partial charge in [-0.05, 0) is 40.2 Å². The number of benzene rings is 2. The quantitative estimate of drug-likeness (QED) is 0.652. The van der Waals surface area contributed by atoms with E-state index in [0.717, 1.165) is 10.9 Å². The van der Waals surface area contributed by atoms with Crippen molar-refractivity contribution in [1.82, 2.24) is 4.98 Å². The maximum absolute atomic E-state index is 13.8. The molecule has 0 fully saturated rings. The van der Waals surface area contributed by atoms with Crippen LogP contribution in [0.4, 0.5) is 4.39 Å². The summed E-state index contributed by atoms with van der Waals surface area (Å²) in [5.41, 5.74) is 1.54. The van der Waals surface area contributed by atoms with E-state index in [1.165, 1.54) is 6.07 Å². The van der Waals surface area contributed by atoms with E-state index in [4.69, 9.17) is 0 Å². The molecule has 0 aliphatic carbocycles. The van der Waals surface area contributed by atoms with Gasteiger partial charge in [-0.2, -0.15) is 0 Å². The van der Waals surface area contributed by atoms with Crippen LogP contribution in [-0.2, 0) is 6.42 Å². The molecule has 0 bridgehead atoms. The van der Waals surface area contributed by atoms with Crippen LogP contribution in [0.5, 0.6) is 0 Å².